The summed E-state index contributed by atoms with van der Waals surface area (Å²) in [6.07, 6.45) is 0.834. The number of quaternary nitrogens is 1. The minimum Gasteiger partial charge on any atom is -0.535 e. The summed E-state index contributed by atoms with van der Waals surface area (Å²) in [5.74, 6) is -0.501. The molecule has 0 bridgehead atoms. The van der Waals surface area contributed by atoms with Gasteiger partial charge in [0.2, 0.25) is 5.91 Å². The van der Waals surface area contributed by atoms with Crippen LogP contribution in [0, 0.1) is 0 Å². The number of aromatic carboxylic acids is 1. The number of ether oxygens (including phenoxy) is 2. The summed E-state index contributed by atoms with van der Waals surface area (Å²) >= 11 is 0. The molecule has 1 aromatic carbocycles. The summed E-state index contributed by atoms with van der Waals surface area (Å²) in [4.78, 5) is 27.5. The van der Waals surface area contributed by atoms with Crippen LogP contribution in [0.15, 0.2) is 12.1 Å². The number of nitrogens with zero attached hydrogens (tertiary/aromatic N) is 1. The van der Waals surface area contributed by atoms with Crippen molar-refractivity contribution < 1.29 is 38.7 Å². The van der Waals surface area contributed by atoms with Crippen LogP contribution in [0.2, 0.25) is 5.82 Å². The van der Waals surface area contributed by atoms with Gasteiger partial charge in [0.05, 0.1) is 33.2 Å². The van der Waals surface area contributed by atoms with E-state index in [0.717, 1.165) is 25.1 Å². The van der Waals surface area contributed by atoms with Crippen molar-refractivity contribution in [3.05, 3.63) is 23.3 Å². The lowest BCUT2D eigenvalue weighted by molar-refractivity contribution is -0.891. The zero-order valence-electron chi connectivity index (χ0n) is 16.9. The number of fused-ring (bicyclic) bond motifs is 3. The standard InChI is InChI=1S/C20H25BN2O7/c1-22-4-5-28-11(8-22)6-17(24)23-9-12(10-23)29-16-3-2-13-14-7-15(14)21(27)30-19(13)18(16)20(25)26/h2-3,11-12,14-15,27H,4-10H2,1H3,(H,25,26)/p+1. The highest BCUT2D eigenvalue weighted by Gasteiger charge is 2.54. The molecule has 2 saturated heterocycles. The molecule has 9 nitrogen and oxygen atoms in total. The van der Waals surface area contributed by atoms with E-state index in [1.807, 2.05) is 6.07 Å². The van der Waals surface area contributed by atoms with Crippen molar-refractivity contribution in [1.82, 2.24) is 4.90 Å². The maximum Gasteiger partial charge on any atom is 0.526 e. The van der Waals surface area contributed by atoms with Gasteiger partial charge in [-0.3, -0.25) is 4.79 Å². The molecule has 3 N–H and O–H groups in total. The van der Waals surface area contributed by atoms with Gasteiger partial charge in [-0.1, -0.05) is 6.07 Å². The molecular formula is C20H26BN2O7+. The Bertz CT molecular complexity index is 875. The average Bonchev–Trinajstić information content (AvgIpc) is 3.45. The first-order valence-corrected chi connectivity index (χ1v) is 10.5. The third-order valence-corrected chi connectivity index (χ3v) is 6.56. The Morgan fingerprint density at radius 1 is 1.37 bits per heavy atom. The smallest absolute Gasteiger partial charge is 0.526 e. The van der Waals surface area contributed by atoms with Crippen LogP contribution in [0.4, 0.5) is 0 Å². The van der Waals surface area contributed by atoms with Gasteiger partial charge >= 0.3 is 13.1 Å². The second kappa shape index (κ2) is 7.44. The lowest BCUT2D eigenvalue weighted by atomic mass is 9.77. The van der Waals surface area contributed by atoms with E-state index in [2.05, 4.69) is 7.05 Å². The van der Waals surface area contributed by atoms with Gasteiger partial charge in [0, 0.05) is 5.82 Å². The molecule has 30 heavy (non-hydrogen) atoms. The van der Waals surface area contributed by atoms with Gasteiger partial charge in [-0.2, -0.15) is 0 Å². The van der Waals surface area contributed by atoms with Crippen molar-refractivity contribution in [2.45, 2.75) is 36.8 Å². The monoisotopic (exact) mass is 417 g/mol. The Hall–Kier alpha value is -2.30. The lowest BCUT2D eigenvalue weighted by Gasteiger charge is -2.40. The van der Waals surface area contributed by atoms with Gasteiger partial charge in [-0.15, -0.1) is 0 Å². The Balaban J connectivity index is 1.22. The Kier molecular flexibility index (Phi) is 4.87. The molecule has 1 aliphatic carbocycles. The molecule has 3 fully saturated rings. The summed E-state index contributed by atoms with van der Waals surface area (Å²) < 4.78 is 17.1. The number of nitrogens with one attached hydrogen (secondary N) is 1. The molecule has 4 atom stereocenters. The summed E-state index contributed by atoms with van der Waals surface area (Å²) in [7, 11) is 1.12. The van der Waals surface area contributed by atoms with Crippen LogP contribution in [-0.4, -0.2) is 86.1 Å². The third kappa shape index (κ3) is 3.53. The Morgan fingerprint density at radius 3 is 2.90 bits per heavy atom. The molecule has 10 heteroatoms. The first kappa shape index (κ1) is 19.7. The summed E-state index contributed by atoms with van der Waals surface area (Å²) in [5, 5.41) is 19.8. The molecule has 4 unspecified atom stereocenters. The molecule has 5 rings (SSSR count). The van der Waals surface area contributed by atoms with E-state index >= 15 is 0 Å². The summed E-state index contributed by atoms with van der Waals surface area (Å²) in [6.45, 7) is 3.28. The quantitative estimate of drug-likeness (QED) is 0.528. The number of carboxylic acid groups (broad SMARTS) is 1. The van der Waals surface area contributed by atoms with Crippen LogP contribution < -0.4 is 14.3 Å². The van der Waals surface area contributed by atoms with Crippen LogP contribution in [0.25, 0.3) is 0 Å². The number of rotatable bonds is 5. The fourth-order valence-electron chi connectivity index (χ4n) is 4.70. The van der Waals surface area contributed by atoms with E-state index in [1.54, 1.807) is 11.0 Å². The van der Waals surface area contributed by atoms with Gasteiger partial charge in [-0.25, -0.2) is 4.79 Å². The van der Waals surface area contributed by atoms with Crippen molar-refractivity contribution >= 4 is 19.0 Å². The summed E-state index contributed by atoms with van der Waals surface area (Å²) in [6, 6.07) is 3.49. The second-order valence-corrected chi connectivity index (χ2v) is 8.82. The molecular weight excluding hydrogens is 391 g/mol. The number of carboxylic acids is 1. The lowest BCUT2D eigenvalue weighted by Crippen LogP contribution is -3.12. The maximum absolute atomic E-state index is 12.5. The van der Waals surface area contributed by atoms with E-state index in [1.165, 1.54) is 4.90 Å². The van der Waals surface area contributed by atoms with Gasteiger partial charge in [0.25, 0.3) is 0 Å². The van der Waals surface area contributed by atoms with Gasteiger partial charge in [0.15, 0.2) is 0 Å². The fraction of sp³-hybridized carbons (Fsp3) is 0.600. The number of likely N-dealkylation sites (tertiary alicyclic amines) is 1. The number of morpholine rings is 1. The van der Waals surface area contributed by atoms with Crippen LogP contribution in [0.3, 0.4) is 0 Å². The first-order valence-electron chi connectivity index (χ1n) is 10.5. The highest BCUT2D eigenvalue weighted by atomic mass is 16.5. The molecule has 0 spiro atoms. The number of hydrogen-bond donors (Lipinski definition) is 3. The van der Waals surface area contributed by atoms with Crippen LogP contribution in [0.5, 0.6) is 11.5 Å². The van der Waals surface area contributed by atoms with Gasteiger partial charge < -0.3 is 34.1 Å². The number of likely N-dealkylation sites (N-methyl/N-ethyl adjacent to an activating group) is 1. The van der Waals surface area contributed by atoms with Crippen molar-refractivity contribution in [3.8, 4) is 11.5 Å². The third-order valence-electron chi connectivity index (χ3n) is 6.56. The van der Waals surface area contributed by atoms with Crippen molar-refractivity contribution in [2.75, 3.05) is 39.8 Å². The molecule has 1 amide bonds. The molecule has 1 aromatic rings. The molecule has 3 aliphatic heterocycles. The van der Waals surface area contributed by atoms with Crippen molar-refractivity contribution in [1.29, 1.82) is 0 Å². The van der Waals surface area contributed by atoms with Gasteiger partial charge in [-0.05, 0) is 24.0 Å². The minimum absolute atomic E-state index is 0.0321. The van der Waals surface area contributed by atoms with Crippen molar-refractivity contribution in [2.24, 2.45) is 0 Å². The van der Waals surface area contributed by atoms with Crippen LogP contribution >= 0.6 is 0 Å². The molecule has 4 aliphatic rings. The maximum atomic E-state index is 12.5. The van der Waals surface area contributed by atoms with Gasteiger partial charge in [0.1, 0.15) is 42.4 Å². The minimum atomic E-state index is -1.15. The Labute approximate surface area is 174 Å². The number of carbonyl (C=O) groups excluding carboxylic acids is 1. The highest BCUT2D eigenvalue weighted by Crippen LogP contribution is 2.60. The largest absolute Gasteiger partial charge is 0.535 e. The highest BCUT2D eigenvalue weighted by molar-refractivity contribution is 6.48. The Morgan fingerprint density at radius 2 is 2.17 bits per heavy atom. The van der Waals surface area contributed by atoms with E-state index in [-0.39, 0.29) is 46.9 Å². The zero-order chi connectivity index (χ0) is 21.0. The average molecular weight is 417 g/mol. The van der Waals surface area contributed by atoms with E-state index in [9.17, 15) is 19.7 Å². The fourth-order valence-corrected chi connectivity index (χ4v) is 4.70. The molecule has 3 heterocycles. The molecule has 1 saturated carbocycles. The van der Waals surface area contributed by atoms with Crippen LogP contribution in [-0.2, 0) is 9.53 Å². The SMILES string of the molecule is C[NH+]1CCOC(CC(=O)N2CC(Oc3ccc4c(c3C(=O)O)OB(O)C3CC43)C2)C1. The van der Waals surface area contributed by atoms with E-state index in [0.29, 0.717) is 26.1 Å². The number of hydrogen-bond acceptors (Lipinski definition) is 6. The number of amides is 1. The predicted molar refractivity (Wildman–Crippen MR) is 105 cm³/mol. The molecule has 0 aromatic heterocycles. The molecule has 160 valence electrons. The topological polar surface area (TPSA) is 110 Å². The molecule has 0 radical (unpaired) electrons. The van der Waals surface area contributed by atoms with E-state index in [4.69, 9.17) is 14.1 Å². The predicted octanol–water partition coefficient (Wildman–Crippen LogP) is -0.992. The zero-order valence-corrected chi connectivity index (χ0v) is 16.9. The van der Waals surface area contributed by atoms with Crippen molar-refractivity contribution in [3.63, 3.8) is 0 Å². The normalized spacial score (nSPS) is 29.9. The number of benzene rings is 1. The summed E-state index contributed by atoms with van der Waals surface area (Å²) in [5.41, 5.74) is 0.767. The number of carbonyl (C=O) groups is 2. The van der Waals surface area contributed by atoms with Crippen LogP contribution in [0.1, 0.15) is 34.7 Å². The second-order valence-electron chi connectivity index (χ2n) is 8.82. The first-order chi connectivity index (χ1) is 14.4. The van der Waals surface area contributed by atoms with E-state index < -0.39 is 13.1 Å².